The van der Waals surface area contributed by atoms with E-state index >= 15 is 4.79 Å². The smallest absolute Gasteiger partial charge is 0.192 e. The number of ketones is 1. The molecule has 0 heterocycles. The number of allylic oxidation sites excluding steroid dienone is 12. The summed E-state index contributed by atoms with van der Waals surface area (Å²) in [5.74, 6) is 0.450. The van der Waals surface area contributed by atoms with Gasteiger partial charge in [0.1, 0.15) is 0 Å². The van der Waals surface area contributed by atoms with E-state index in [1.807, 2.05) is 0 Å². The second-order valence-electron chi connectivity index (χ2n) is 15.5. The van der Waals surface area contributed by atoms with Crippen LogP contribution in [0.4, 0.5) is 0 Å². The van der Waals surface area contributed by atoms with Crippen LogP contribution >= 0.6 is 0 Å². The van der Waals surface area contributed by atoms with E-state index in [1.165, 1.54) is 77.9 Å². The highest BCUT2D eigenvalue weighted by molar-refractivity contribution is 6.12. The van der Waals surface area contributed by atoms with Crippen LogP contribution < -0.4 is 0 Å². The maximum atomic E-state index is 15.0. The molecule has 5 aromatic carbocycles. The lowest BCUT2D eigenvalue weighted by Crippen LogP contribution is -2.30. The number of benzene rings is 5. The predicted molar refractivity (Wildman–Crippen MR) is 210 cm³/mol. The van der Waals surface area contributed by atoms with Gasteiger partial charge in [-0.3, -0.25) is 4.79 Å². The Bertz CT molecular complexity index is 2620. The molecule has 0 saturated carbocycles. The van der Waals surface area contributed by atoms with E-state index in [4.69, 9.17) is 0 Å². The van der Waals surface area contributed by atoms with Gasteiger partial charge in [0.2, 0.25) is 0 Å². The molecule has 0 radical (unpaired) electrons. The second-order valence-corrected chi connectivity index (χ2v) is 15.5. The standard InChI is InChI=1S/C51H36O/c52-49(31-25-27-39-37-17-5-11-23-45(37)50(47(39)29-31)41-19-7-1-13-33(41)34-14-2-8-20-42(34)50)32-26-28-40-38-18-6-12-24-46(38)51(48(40)30-32)43-21-9-3-15-35(43)36-16-4-10-22-44(36)51/h1-3,5,7-15,17,19-27,29-30,40H,4,6,16,18,28H2. The molecule has 2 atom stereocenters. The Morgan fingerprint density at radius 2 is 1.12 bits per heavy atom. The summed E-state index contributed by atoms with van der Waals surface area (Å²) in [7, 11) is 0. The highest BCUT2D eigenvalue weighted by Crippen LogP contribution is 2.67. The Hall–Kier alpha value is -5.79. The molecule has 1 nitrogen and oxygen atoms in total. The van der Waals surface area contributed by atoms with Crippen LogP contribution in [0.15, 0.2) is 180 Å². The summed E-state index contributed by atoms with van der Waals surface area (Å²) in [6, 6.07) is 42.3. The van der Waals surface area contributed by atoms with E-state index in [9.17, 15) is 0 Å². The zero-order chi connectivity index (χ0) is 34.2. The van der Waals surface area contributed by atoms with Crippen LogP contribution in [0, 0.1) is 5.92 Å². The summed E-state index contributed by atoms with van der Waals surface area (Å²) in [6.45, 7) is 0. The summed E-state index contributed by atoms with van der Waals surface area (Å²) in [4.78, 5) is 15.0. The summed E-state index contributed by atoms with van der Waals surface area (Å²) in [6.07, 6.45) is 19.4. The van der Waals surface area contributed by atoms with E-state index in [0.29, 0.717) is 5.92 Å². The zero-order valence-corrected chi connectivity index (χ0v) is 29.0. The molecule has 52 heavy (non-hydrogen) atoms. The average Bonchev–Trinajstić information content (AvgIpc) is 3.89. The predicted octanol–water partition coefficient (Wildman–Crippen LogP) is 11.8. The maximum Gasteiger partial charge on any atom is 0.192 e. The Labute approximate surface area is 304 Å². The van der Waals surface area contributed by atoms with E-state index in [-0.39, 0.29) is 11.2 Å². The molecule has 0 bridgehead atoms. The number of rotatable bonds is 2. The van der Waals surface area contributed by atoms with Crippen LogP contribution in [0.1, 0.15) is 75.8 Å². The van der Waals surface area contributed by atoms with Gasteiger partial charge in [-0.1, -0.05) is 145 Å². The van der Waals surface area contributed by atoms with Crippen molar-refractivity contribution in [2.24, 2.45) is 5.92 Å². The Kier molecular flexibility index (Phi) is 5.64. The molecule has 2 spiro atoms. The Morgan fingerprint density at radius 1 is 0.558 bits per heavy atom. The van der Waals surface area contributed by atoms with Crippen molar-refractivity contribution < 1.29 is 4.79 Å². The summed E-state index contributed by atoms with van der Waals surface area (Å²) in [5, 5.41) is 0. The fourth-order valence-electron chi connectivity index (χ4n) is 11.6. The van der Waals surface area contributed by atoms with Gasteiger partial charge in [0.05, 0.1) is 10.8 Å². The van der Waals surface area contributed by atoms with Gasteiger partial charge in [-0.2, -0.15) is 0 Å². The second kappa shape index (κ2) is 10.2. The lowest BCUT2D eigenvalue weighted by Gasteiger charge is -2.36. The Balaban J connectivity index is 1.04. The molecular weight excluding hydrogens is 629 g/mol. The molecule has 5 aromatic rings. The van der Waals surface area contributed by atoms with E-state index in [1.54, 1.807) is 5.57 Å². The first-order valence-electron chi connectivity index (χ1n) is 19.0. The van der Waals surface area contributed by atoms with Gasteiger partial charge in [-0.15, -0.1) is 0 Å². The molecular formula is C51H36O. The van der Waals surface area contributed by atoms with Gasteiger partial charge in [0.25, 0.3) is 0 Å². The minimum atomic E-state index is -0.464. The molecule has 7 aliphatic rings. The number of hydrogen-bond donors (Lipinski definition) is 0. The molecule has 0 N–H and O–H groups in total. The van der Waals surface area contributed by atoms with Crippen LogP contribution in [-0.2, 0) is 10.8 Å². The van der Waals surface area contributed by atoms with Crippen LogP contribution in [-0.4, -0.2) is 5.78 Å². The topological polar surface area (TPSA) is 17.1 Å². The van der Waals surface area contributed by atoms with Crippen LogP contribution in [0.2, 0.25) is 0 Å². The summed E-state index contributed by atoms with van der Waals surface area (Å²) in [5.41, 5.74) is 21.2. The lowest BCUT2D eigenvalue weighted by molar-refractivity contribution is 0.103. The minimum Gasteiger partial charge on any atom is -0.289 e. The van der Waals surface area contributed by atoms with E-state index < -0.39 is 5.41 Å². The Morgan fingerprint density at radius 3 is 1.79 bits per heavy atom. The molecule has 0 amide bonds. The van der Waals surface area contributed by atoms with E-state index in [0.717, 1.165) is 43.2 Å². The molecule has 246 valence electrons. The van der Waals surface area contributed by atoms with Crippen molar-refractivity contribution in [3.05, 3.63) is 219 Å². The van der Waals surface area contributed by atoms with E-state index in [2.05, 4.69) is 152 Å². The number of fused-ring (bicyclic) bond motifs is 18. The third-order valence-corrected chi connectivity index (χ3v) is 13.5. The lowest BCUT2D eigenvalue weighted by atomic mass is 9.65. The normalized spacial score (nSPS) is 23.0. The quantitative estimate of drug-likeness (QED) is 0.168. The molecule has 7 aliphatic carbocycles. The van der Waals surface area contributed by atoms with Crippen molar-refractivity contribution in [3.63, 3.8) is 0 Å². The van der Waals surface area contributed by atoms with Gasteiger partial charge < -0.3 is 0 Å². The molecule has 0 aromatic heterocycles. The van der Waals surface area contributed by atoms with Gasteiger partial charge >= 0.3 is 0 Å². The number of carbonyl (C=O) groups excluding carboxylic acids is 1. The summed E-state index contributed by atoms with van der Waals surface area (Å²) >= 11 is 0. The number of carbonyl (C=O) groups is 1. The maximum absolute atomic E-state index is 15.0. The fraction of sp³-hybridized carbons (Fsp3) is 0.157. The third kappa shape index (κ3) is 3.30. The highest BCUT2D eigenvalue weighted by Gasteiger charge is 2.57. The molecule has 2 unspecified atom stereocenters. The molecule has 12 rings (SSSR count). The largest absolute Gasteiger partial charge is 0.289 e. The summed E-state index contributed by atoms with van der Waals surface area (Å²) < 4.78 is 0. The van der Waals surface area contributed by atoms with Crippen molar-refractivity contribution in [1.82, 2.24) is 0 Å². The van der Waals surface area contributed by atoms with Crippen molar-refractivity contribution in [2.45, 2.75) is 42.9 Å². The molecule has 1 heteroatoms. The van der Waals surface area contributed by atoms with Crippen molar-refractivity contribution in [3.8, 4) is 22.3 Å². The van der Waals surface area contributed by atoms with Crippen molar-refractivity contribution in [1.29, 1.82) is 0 Å². The minimum absolute atomic E-state index is 0.120. The van der Waals surface area contributed by atoms with Gasteiger partial charge in [0, 0.05) is 17.1 Å². The van der Waals surface area contributed by atoms with Gasteiger partial charge in [-0.25, -0.2) is 0 Å². The van der Waals surface area contributed by atoms with Gasteiger partial charge in [0.15, 0.2) is 5.78 Å². The van der Waals surface area contributed by atoms with Crippen molar-refractivity contribution >= 4 is 11.4 Å². The first-order valence-corrected chi connectivity index (χ1v) is 19.0. The van der Waals surface area contributed by atoms with Crippen LogP contribution in [0.3, 0.4) is 0 Å². The first kappa shape index (κ1) is 28.9. The third-order valence-electron chi connectivity index (χ3n) is 13.5. The number of Topliss-reactive ketones (excluding diaryl/α,β-unsaturated/α-hetero) is 1. The van der Waals surface area contributed by atoms with Crippen LogP contribution in [0.25, 0.3) is 27.8 Å². The SMILES string of the molecule is O=C(C1=CCC2C(=C1)C1(C3=C(CCC=C3)c3ccccc31)C1=C2CCC=C1)c1ccc2c(c1)C1(c3ccccc3-c3ccccc31)c1ccccc1-2. The van der Waals surface area contributed by atoms with Gasteiger partial charge in [-0.05, 0) is 122 Å². The monoisotopic (exact) mass is 664 g/mol. The fourth-order valence-corrected chi connectivity index (χ4v) is 11.6. The van der Waals surface area contributed by atoms with Crippen molar-refractivity contribution in [2.75, 3.05) is 0 Å². The molecule has 0 fully saturated rings. The van der Waals surface area contributed by atoms with Crippen LogP contribution in [0.5, 0.6) is 0 Å². The molecule has 0 saturated heterocycles. The zero-order valence-electron chi connectivity index (χ0n) is 29.0. The number of hydrogen-bond acceptors (Lipinski definition) is 1. The first-order chi connectivity index (χ1) is 25.7. The highest BCUT2D eigenvalue weighted by atomic mass is 16.1. The average molecular weight is 665 g/mol. The molecule has 0 aliphatic heterocycles.